The lowest BCUT2D eigenvalue weighted by Gasteiger charge is -2.27. The van der Waals surface area contributed by atoms with E-state index >= 15 is 0 Å². The van der Waals surface area contributed by atoms with E-state index in [0.29, 0.717) is 5.92 Å². The third kappa shape index (κ3) is 3.70. The molecule has 0 heterocycles. The van der Waals surface area contributed by atoms with Crippen molar-refractivity contribution in [2.75, 3.05) is 0 Å². The quantitative estimate of drug-likeness (QED) is 0.771. The van der Waals surface area contributed by atoms with E-state index in [4.69, 9.17) is 4.74 Å². The Kier molecular flexibility index (Phi) is 4.23. The summed E-state index contributed by atoms with van der Waals surface area (Å²) in [7, 11) is 0. The SMILES string of the molecule is CCC(C)(C)C(=O)OC(C)C1CCC(C)(O)C1. The second-order valence-corrected chi connectivity index (χ2v) is 6.35. The first-order chi connectivity index (χ1) is 7.68. The lowest BCUT2D eigenvalue weighted by molar-refractivity contribution is -0.161. The number of carbonyl (C=O) groups excluding carboxylic acids is 1. The number of rotatable bonds is 4. The predicted molar refractivity (Wildman–Crippen MR) is 67.6 cm³/mol. The highest BCUT2D eigenvalue weighted by Gasteiger charge is 2.38. The van der Waals surface area contributed by atoms with Crippen LogP contribution in [-0.4, -0.2) is 22.8 Å². The average Bonchev–Trinajstić information content (AvgIpc) is 2.58. The maximum Gasteiger partial charge on any atom is 0.311 e. The third-order valence-corrected chi connectivity index (χ3v) is 4.15. The summed E-state index contributed by atoms with van der Waals surface area (Å²) in [6.45, 7) is 9.61. The van der Waals surface area contributed by atoms with Gasteiger partial charge in [-0.25, -0.2) is 0 Å². The molecule has 100 valence electrons. The van der Waals surface area contributed by atoms with Gasteiger partial charge in [-0.3, -0.25) is 4.79 Å². The van der Waals surface area contributed by atoms with Crippen LogP contribution in [0.4, 0.5) is 0 Å². The molecule has 3 heteroatoms. The number of ether oxygens (including phenoxy) is 1. The van der Waals surface area contributed by atoms with Gasteiger partial charge in [-0.05, 0) is 59.3 Å². The summed E-state index contributed by atoms with van der Waals surface area (Å²) in [6, 6.07) is 0. The second kappa shape index (κ2) is 4.97. The van der Waals surface area contributed by atoms with E-state index < -0.39 is 11.0 Å². The van der Waals surface area contributed by atoms with Crippen LogP contribution in [0.5, 0.6) is 0 Å². The molecule has 1 N–H and O–H groups in total. The highest BCUT2D eigenvalue weighted by atomic mass is 16.5. The molecule has 17 heavy (non-hydrogen) atoms. The van der Waals surface area contributed by atoms with Crippen LogP contribution in [0.3, 0.4) is 0 Å². The molecule has 0 bridgehead atoms. The first-order valence-corrected chi connectivity index (χ1v) is 6.61. The van der Waals surface area contributed by atoms with Gasteiger partial charge in [0.2, 0.25) is 0 Å². The van der Waals surface area contributed by atoms with Crippen molar-refractivity contribution in [1.82, 2.24) is 0 Å². The summed E-state index contributed by atoms with van der Waals surface area (Å²) in [4.78, 5) is 11.9. The largest absolute Gasteiger partial charge is 0.462 e. The molecule has 3 unspecified atom stereocenters. The Hall–Kier alpha value is -0.570. The summed E-state index contributed by atoms with van der Waals surface area (Å²) < 4.78 is 5.53. The Morgan fingerprint density at radius 2 is 2.18 bits per heavy atom. The van der Waals surface area contributed by atoms with Crippen molar-refractivity contribution in [3.63, 3.8) is 0 Å². The molecule has 0 aliphatic heterocycles. The average molecular weight is 242 g/mol. The summed E-state index contributed by atoms with van der Waals surface area (Å²) in [5, 5.41) is 9.91. The van der Waals surface area contributed by atoms with Gasteiger partial charge in [0.1, 0.15) is 6.10 Å². The van der Waals surface area contributed by atoms with Gasteiger partial charge in [0.25, 0.3) is 0 Å². The van der Waals surface area contributed by atoms with Crippen LogP contribution in [-0.2, 0) is 9.53 Å². The maximum absolute atomic E-state index is 11.9. The first kappa shape index (κ1) is 14.5. The van der Waals surface area contributed by atoms with Crippen molar-refractivity contribution < 1.29 is 14.6 Å². The Morgan fingerprint density at radius 3 is 2.59 bits per heavy atom. The van der Waals surface area contributed by atoms with Crippen molar-refractivity contribution in [1.29, 1.82) is 0 Å². The number of hydrogen-bond acceptors (Lipinski definition) is 3. The highest BCUT2D eigenvalue weighted by Crippen LogP contribution is 2.37. The number of hydrogen-bond donors (Lipinski definition) is 1. The number of carbonyl (C=O) groups is 1. The van der Waals surface area contributed by atoms with Crippen LogP contribution in [0.25, 0.3) is 0 Å². The summed E-state index contributed by atoms with van der Waals surface area (Å²) >= 11 is 0. The molecular weight excluding hydrogens is 216 g/mol. The molecule has 0 aromatic carbocycles. The molecule has 3 nitrogen and oxygen atoms in total. The molecular formula is C14H26O3. The molecule has 1 aliphatic carbocycles. The predicted octanol–water partition coefficient (Wildman–Crippen LogP) is 2.91. The monoisotopic (exact) mass is 242 g/mol. The molecule has 1 rings (SSSR count). The fraction of sp³-hybridized carbons (Fsp3) is 0.929. The van der Waals surface area contributed by atoms with Gasteiger partial charge in [0.05, 0.1) is 11.0 Å². The Bertz CT molecular complexity index is 281. The van der Waals surface area contributed by atoms with E-state index in [1.54, 1.807) is 0 Å². The Labute approximate surface area is 105 Å². The maximum atomic E-state index is 11.9. The molecule has 0 saturated heterocycles. The van der Waals surface area contributed by atoms with Crippen molar-refractivity contribution in [2.45, 2.75) is 72.0 Å². The van der Waals surface area contributed by atoms with Gasteiger partial charge in [0, 0.05) is 0 Å². The van der Waals surface area contributed by atoms with Crippen LogP contribution < -0.4 is 0 Å². The minimum absolute atomic E-state index is 0.0951. The van der Waals surface area contributed by atoms with Gasteiger partial charge in [0.15, 0.2) is 0 Å². The van der Waals surface area contributed by atoms with Crippen LogP contribution in [0.2, 0.25) is 0 Å². The van der Waals surface area contributed by atoms with Crippen molar-refractivity contribution in [3.8, 4) is 0 Å². The molecule has 0 aromatic rings. The standard InChI is InChI=1S/C14H26O3/c1-6-13(3,4)12(15)17-10(2)11-7-8-14(5,16)9-11/h10-11,16H,6-9H2,1-5H3. The molecule has 1 saturated carbocycles. The minimum atomic E-state index is -0.578. The molecule has 0 spiro atoms. The normalized spacial score (nSPS) is 31.3. The number of esters is 1. The van der Waals surface area contributed by atoms with Crippen LogP contribution in [0.15, 0.2) is 0 Å². The molecule has 1 aliphatic rings. The zero-order valence-electron chi connectivity index (χ0n) is 11.7. The smallest absolute Gasteiger partial charge is 0.311 e. The van der Waals surface area contributed by atoms with Crippen molar-refractivity contribution in [3.05, 3.63) is 0 Å². The van der Waals surface area contributed by atoms with E-state index in [0.717, 1.165) is 25.7 Å². The fourth-order valence-electron chi connectivity index (χ4n) is 2.23. The van der Waals surface area contributed by atoms with Gasteiger partial charge in [-0.15, -0.1) is 0 Å². The lowest BCUT2D eigenvalue weighted by atomic mass is 9.90. The third-order valence-electron chi connectivity index (χ3n) is 4.15. The molecule has 0 aromatic heterocycles. The lowest BCUT2D eigenvalue weighted by Crippen LogP contribution is -2.32. The van der Waals surface area contributed by atoms with E-state index in [1.165, 1.54) is 0 Å². The minimum Gasteiger partial charge on any atom is -0.462 e. The van der Waals surface area contributed by atoms with Crippen LogP contribution in [0.1, 0.15) is 60.3 Å². The second-order valence-electron chi connectivity index (χ2n) is 6.35. The van der Waals surface area contributed by atoms with Crippen LogP contribution in [0, 0.1) is 11.3 Å². The number of aliphatic hydroxyl groups is 1. The molecule has 3 atom stereocenters. The molecule has 0 radical (unpaired) electrons. The van der Waals surface area contributed by atoms with Gasteiger partial charge >= 0.3 is 5.97 Å². The van der Waals surface area contributed by atoms with Crippen molar-refractivity contribution in [2.24, 2.45) is 11.3 Å². The van der Waals surface area contributed by atoms with E-state index in [2.05, 4.69) is 0 Å². The van der Waals surface area contributed by atoms with Crippen LogP contribution >= 0.6 is 0 Å². The van der Waals surface area contributed by atoms with E-state index in [-0.39, 0.29) is 12.1 Å². The summed E-state index contributed by atoms with van der Waals surface area (Å²) in [5.74, 6) is 0.167. The van der Waals surface area contributed by atoms with Gasteiger partial charge < -0.3 is 9.84 Å². The topological polar surface area (TPSA) is 46.5 Å². The van der Waals surface area contributed by atoms with E-state index in [1.807, 2.05) is 34.6 Å². The van der Waals surface area contributed by atoms with Gasteiger partial charge in [-0.2, -0.15) is 0 Å². The zero-order chi connectivity index (χ0) is 13.3. The summed E-state index contributed by atoms with van der Waals surface area (Å²) in [5.41, 5.74) is -0.985. The first-order valence-electron chi connectivity index (χ1n) is 6.61. The Balaban J connectivity index is 2.51. The van der Waals surface area contributed by atoms with E-state index in [9.17, 15) is 9.90 Å². The summed E-state index contributed by atoms with van der Waals surface area (Å²) in [6.07, 6.45) is 3.15. The van der Waals surface area contributed by atoms with Crippen molar-refractivity contribution >= 4 is 5.97 Å². The molecule has 1 fully saturated rings. The zero-order valence-corrected chi connectivity index (χ0v) is 11.7. The highest BCUT2D eigenvalue weighted by molar-refractivity contribution is 5.75. The molecule has 0 amide bonds. The van der Waals surface area contributed by atoms with Gasteiger partial charge in [-0.1, -0.05) is 6.92 Å². The Morgan fingerprint density at radius 1 is 1.59 bits per heavy atom. The fourth-order valence-corrected chi connectivity index (χ4v) is 2.23.